The van der Waals surface area contributed by atoms with E-state index in [1.165, 1.54) is 24.5 Å². The number of amides is 2. The first-order chi connectivity index (χ1) is 21.1. The quantitative estimate of drug-likeness (QED) is 0.228. The first-order valence-corrected chi connectivity index (χ1v) is 17.4. The van der Waals surface area contributed by atoms with Gasteiger partial charge in [-0.05, 0) is 59.9 Å². The van der Waals surface area contributed by atoms with Crippen molar-refractivity contribution in [2.24, 2.45) is 5.92 Å². The van der Waals surface area contributed by atoms with Gasteiger partial charge in [-0.25, -0.2) is 22.9 Å². The summed E-state index contributed by atoms with van der Waals surface area (Å²) in [5, 5.41) is 16.3. The molecule has 1 aliphatic heterocycles. The van der Waals surface area contributed by atoms with E-state index in [1.807, 2.05) is 6.92 Å². The van der Waals surface area contributed by atoms with Crippen LogP contribution in [0.15, 0.2) is 49.3 Å². The highest BCUT2D eigenvalue weighted by Crippen LogP contribution is 2.40. The Hall–Kier alpha value is -4.07. The average molecular weight is 642 g/mol. The van der Waals surface area contributed by atoms with Crippen LogP contribution in [0.5, 0.6) is 0 Å². The van der Waals surface area contributed by atoms with Crippen LogP contribution in [-0.4, -0.2) is 60.6 Å². The van der Waals surface area contributed by atoms with Crippen LogP contribution < -0.4 is 15.5 Å². The molecule has 3 heterocycles. The molecule has 2 aromatic heterocycles. The molecule has 4 rings (SSSR count). The van der Waals surface area contributed by atoms with Gasteiger partial charge in [0.1, 0.15) is 28.8 Å². The molecule has 2 amide bonds. The van der Waals surface area contributed by atoms with Gasteiger partial charge in [0.15, 0.2) is 8.32 Å². The van der Waals surface area contributed by atoms with E-state index in [0.717, 1.165) is 29.2 Å². The SMILES string of the molecule is C=Cc1cc(F)c(-c2nc(C(=O)Nc3cnccc3N(C(=O)O)[C@@H]3CNC[C@H](C)[C@H]3O[Si](C)(C)C(C)(C)C)ccc2F)c(F)c1. The van der Waals surface area contributed by atoms with Gasteiger partial charge in [0.05, 0.1) is 35.3 Å². The van der Waals surface area contributed by atoms with Gasteiger partial charge in [-0.3, -0.25) is 14.7 Å². The van der Waals surface area contributed by atoms with E-state index in [1.54, 1.807) is 0 Å². The molecular weight excluding hydrogens is 603 g/mol. The monoisotopic (exact) mass is 641 g/mol. The molecule has 45 heavy (non-hydrogen) atoms. The lowest BCUT2D eigenvalue weighted by atomic mass is 9.92. The smallest absolute Gasteiger partial charge is 0.412 e. The number of halogens is 3. The Bertz CT molecular complexity index is 1590. The molecule has 240 valence electrons. The fourth-order valence-electron chi connectivity index (χ4n) is 5.00. The van der Waals surface area contributed by atoms with Crippen LogP contribution in [0.1, 0.15) is 43.7 Å². The van der Waals surface area contributed by atoms with E-state index in [9.17, 15) is 27.9 Å². The molecule has 3 N–H and O–H groups in total. The van der Waals surface area contributed by atoms with Crippen LogP contribution in [0.2, 0.25) is 18.1 Å². The number of carbonyl (C=O) groups is 2. The third-order valence-electron chi connectivity index (χ3n) is 8.46. The molecule has 0 bridgehead atoms. The summed E-state index contributed by atoms with van der Waals surface area (Å²) < 4.78 is 51.1. The minimum Gasteiger partial charge on any atom is -0.465 e. The van der Waals surface area contributed by atoms with E-state index in [2.05, 4.69) is 61.0 Å². The molecule has 0 unspecified atom stereocenters. The Morgan fingerprint density at radius 3 is 2.40 bits per heavy atom. The second-order valence-electron chi connectivity index (χ2n) is 12.6. The third-order valence-corrected chi connectivity index (χ3v) is 12.9. The summed E-state index contributed by atoms with van der Waals surface area (Å²) in [4.78, 5) is 35.4. The summed E-state index contributed by atoms with van der Waals surface area (Å²) in [5.74, 6) is -4.09. The van der Waals surface area contributed by atoms with Crippen molar-refractivity contribution >= 4 is 37.8 Å². The number of piperidine rings is 1. The first-order valence-electron chi connectivity index (χ1n) is 14.5. The van der Waals surface area contributed by atoms with Crippen molar-refractivity contribution in [3.63, 3.8) is 0 Å². The van der Waals surface area contributed by atoms with E-state index >= 15 is 0 Å². The Balaban J connectivity index is 1.70. The Morgan fingerprint density at radius 1 is 1.13 bits per heavy atom. The molecule has 1 aromatic carbocycles. The average Bonchev–Trinajstić information content (AvgIpc) is 2.95. The number of hydrogen-bond donors (Lipinski definition) is 3. The van der Waals surface area contributed by atoms with Crippen molar-refractivity contribution in [2.75, 3.05) is 23.3 Å². The standard InChI is InChI=1S/C32H38F3N5O4Si/c1-8-19-13-21(34)27(22(35)14-19)28-20(33)9-10-23(38-28)30(41)39-24-16-36-12-11-25(24)40(31(42)43)26-17-37-15-18(2)29(26)44-45(6,7)32(3,4)5/h8-14,16,18,26,29,37H,1,15,17H2,2-7H3,(H,39,41)(H,42,43)/t18-,26+,29+/m0/s1. The van der Waals surface area contributed by atoms with Crippen molar-refractivity contribution in [2.45, 2.75) is 58.0 Å². The van der Waals surface area contributed by atoms with E-state index in [4.69, 9.17) is 4.43 Å². The summed E-state index contributed by atoms with van der Waals surface area (Å²) >= 11 is 0. The van der Waals surface area contributed by atoms with Crippen molar-refractivity contribution in [1.82, 2.24) is 15.3 Å². The molecule has 13 heteroatoms. The van der Waals surface area contributed by atoms with Crippen LogP contribution >= 0.6 is 0 Å². The fraction of sp³-hybridized carbons (Fsp3) is 0.375. The Morgan fingerprint density at radius 2 is 1.80 bits per heavy atom. The predicted octanol–water partition coefficient (Wildman–Crippen LogP) is 6.94. The molecule has 1 aliphatic rings. The van der Waals surface area contributed by atoms with Crippen LogP contribution in [-0.2, 0) is 4.43 Å². The van der Waals surface area contributed by atoms with Crippen molar-refractivity contribution < 1.29 is 32.3 Å². The number of pyridine rings is 2. The molecular formula is C32H38F3N5O4Si. The van der Waals surface area contributed by atoms with Gasteiger partial charge in [-0.15, -0.1) is 0 Å². The maximum atomic E-state index is 14.8. The summed E-state index contributed by atoms with van der Waals surface area (Å²) in [6, 6.07) is 4.70. The summed E-state index contributed by atoms with van der Waals surface area (Å²) in [6.45, 7) is 17.0. The Labute approximate surface area is 261 Å². The highest BCUT2D eigenvalue weighted by atomic mass is 28.4. The molecule has 3 atom stereocenters. The van der Waals surface area contributed by atoms with E-state index in [0.29, 0.717) is 13.1 Å². The number of nitrogens with one attached hydrogen (secondary N) is 2. The van der Waals surface area contributed by atoms with E-state index < -0.39 is 61.2 Å². The highest BCUT2D eigenvalue weighted by Gasteiger charge is 2.46. The maximum absolute atomic E-state index is 14.8. The van der Waals surface area contributed by atoms with Gasteiger partial charge >= 0.3 is 6.09 Å². The molecule has 0 aliphatic carbocycles. The van der Waals surface area contributed by atoms with Crippen LogP contribution in [0, 0.1) is 23.4 Å². The van der Waals surface area contributed by atoms with Gasteiger partial charge in [0, 0.05) is 19.3 Å². The van der Waals surface area contributed by atoms with Gasteiger partial charge in [-0.1, -0.05) is 40.3 Å². The minimum absolute atomic E-state index is 0.0252. The second kappa shape index (κ2) is 13.1. The number of hydrogen-bond acceptors (Lipinski definition) is 6. The Kier molecular flexibility index (Phi) is 9.85. The van der Waals surface area contributed by atoms with Crippen LogP contribution in [0.25, 0.3) is 17.3 Å². The fourth-order valence-corrected chi connectivity index (χ4v) is 6.43. The number of nitrogens with zero attached hydrogens (tertiary/aromatic N) is 3. The molecule has 3 aromatic rings. The van der Waals surface area contributed by atoms with Crippen molar-refractivity contribution in [3.05, 3.63) is 78.0 Å². The number of anilines is 2. The number of carbonyl (C=O) groups excluding carboxylic acids is 1. The van der Waals surface area contributed by atoms with Crippen molar-refractivity contribution in [3.8, 4) is 11.3 Å². The zero-order chi connectivity index (χ0) is 33.3. The normalized spacial score (nSPS) is 18.7. The van der Waals surface area contributed by atoms with E-state index in [-0.39, 0.29) is 33.6 Å². The number of carboxylic acid groups (broad SMARTS) is 1. The zero-order valence-corrected chi connectivity index (χ0v) is 27.1. The third kappa shape index (κ3) is 7.10. The maximum Gasteiger partial charge on any atom is 0.412 e. The zero-order valence-electron chi connectivity index (χ0n) is 26.1. The second-order valence-corrected chi connectivity index (χ2v) is 17.4. The molecule has 0 radical (unpaired) electrons. The summed E-state index contributed by atoms with van der Waals surface area (Å²) in [5.41, 5.74) is -1.47. The lowest BCUT2D eigenvalue weighted by Crippen LogP contribution is -2.62. The van der Waals surface area contributed by atoms with Gasteiger partial charge in [0.2, 0.25) is 0 Å². The van der Waals surface area contributed by atoms with Gasteiger partial charge < -0.3 is 20.2 Å². The lowest BCUT2D eigenvalue weighted by Gasteiger charge is -2.47. The largest absolute Gasteiger partial charge is 0.465 e. The lowest BCUT2D eigenvalue weighted by molar-refractivity contribution is 0.0740. The van der Waals surface area contributed by atoms with Gasteiger partial charge in [-0.2, -0.15) is 0 Å². The first kappa shape index (κ1) is 33.8. The molecule has 1 fully saturated rings. The van der Waals surface area contributed by atoms with Crippen LogP contribution in [0.3, 0.4) is 0 Å². The topological polar surface area (TPSA) is 117 Å². The molecule has 1 saturated heterocycles. The number of aromatic nitrogens is 2. The summed E-state index contributed by atoms with van der Waals surface area (Å²) in [6.07, 6.45) is 2.21. The van der Waals surface area contributed by atoms with Gasteiger partial charge in [0.25, 0.3) is 5.91 Å². The minimum atomic E-state index is -2.32. The predicted molar refractivity (Wildman–Crippen MR) is 170 cm³/mol. The highest BCUT2D eigenvalue weighted by molar-refractivity contribution is 6.74. The number of benzene rings is 1. The number of rotatable bonds is 8. The molecule has 9 nitrogen and oxygen atoms in total. The molecule has 0 saturated carbocycles. The molecule has 0 spiro atoms. The van der Waals surface area contributed by atoms with Crippen LogP contribution in [0.4, 0.5) is 29.3 Å². The summed E-state index contributed by atoms with van der Waals surface area (Å²) in [7, 11) is -2.32. The van der Waals surface area contributed by atoms with Crippen molar-refractivity contribution in [1.29, 1.82) is 0 Å².